The number of aliphatic hydroxyl groups excluding tert-OH is 1. The molecule has 1 N–H and O–H groups in total. The van der Waals surface area contributed by atoms with E-state index in [0.29, 0.717) is 19.4 Å². The van der Waals surface area contributed by atoms with Gasteiger partial charge in [0.2, 0.25) is 0 Å². The summed E-state index contributed by atoms with van der Waals surface area (Å²) < 4.78 is 24.6. The van der Waals surface area contributed by atoms with E-state index in [1.807, 2.05) is 12.2 Å². The molecule has 0 amide bonds. The zero-order valence-corrected chi connectivity index (χ0v) is 27.7. The molecule has 0 aromatic rings. The van der Waals surface area contributed by atoms with E-state index in [-0.39, 0.29) is 29.5 Å². The molecule has 7 heteroatoms. The molecule has 0 radical (unpaired) electrons. The van der Waals surface area contributed by atoms with Crippen LogP contribution in [0.1, 0.15) is 79.1 Å². The van der Waals surface area contributed by atoms with Gasteiger partial charge in [-0.15, -0.1) is 0 Å². The summed E-state index contributed by atoms with van der Waals surface area (Å²) in [7, 11) is -2.06. The van der Waals surface area contributed by atoms with E-state index in [1.54, 1.807) is 12.2 Å². The molecule has 0 saturated heterocycles. The van der Waals surface area contributed by atoms with Gasteiger partial charge in [-0.3, -0.25) is 0 Å². The first-order chi connectivity index (χ1) is 19.8. The van der Waals surface area contributed by atoms with Crippen LogP contribution in [0.2, 0.25) is 18.1 Å². The molecule has 3 rings (SSSR count). The number of aliphatic hydroxyl groups is 1. The second-order valence-electron chi connectivity index (χ2n) is 13.5. The highest BCUT2D eigenvalue weighted by Gasteiger charge is 2.38. The minimum absolute atomic E-state index is 0.0579. The lowest BCUT2D eigenvalue weighted by Crippen LogP contribution is -2.43. The van der Waals surface area contributed by atoms with E-state index >= 15 is 0 Å². The van der Waals surface area contributed by atoms with Gasteiger partial charge in [0.1, 0.15) is 12.2 Å². The highest BCUT2D eigenvalue weighted by Crippen LogP contribution is 2.38. The summed E-state index contributed by atoms with van der Waals surface area (Å²) in [4.78, 5) is 12.8. The number of carbonyl (C=O) groups excluding carboxylic acids is 1. The molecule has 234 valence electrons. The van der Waals surface area contributed by atoms with Crippen molar-refractivity contribution in [3.8, 4) is 0 Å². The summed E-state index contributed by atoms with van der Waals surface area (Å²) in [5.74, 6) is -0.478. The van der Waals surface area contributed by atoms with Gasteiger partial charge in [0, 0.05) is 12.5 Å². The lowest BCUT2D eigenvalue weighted by atomic mass is 9.99. The Bertz CT molecular complexity index is 1050. The average molecular weight is 599 g/mol. The van der Waals surface area contributed by atoms with E-state index in [4.69, 9.17) is 18.6 Å². The predicted molar refractivity (Wildman–Crippen MR) is 173 cm³/mol. The maximum atomic E-state index is 12.8. The second-order valence-corrected chi connectivity index (χ2v) is 18.3. The van der Waals surface area contributed by atoms with E-state index in [1.165, 1.54) is 11.6 Å². The first kappa shape index (κ1) is 34.5. The molecule has 0 aromatic heterocycles. The molecule has 3 heterocycles. The van der Waals surface area contributed by atoms with Gasteiger partial charge in [-0.1, -0.05) is 87.1 Å². The van der Waals surface area contributed by atoms with Crippen molar-refractivity contribution < 1.29 is 28.5 Å². The Balaban J connectivity index is 1.81. The average Bonchev–Trinajstić information content (AvgIpc) is 2.90. The lowest BCUT2D eigenvalue weighted by molar-refractivity contribution is -0.147. The maximum absolute atomic E-state index is 12.8. The van der Waals surface area contributed by atoms with E-state index < -0.39 is 26.5 Å². The monoisotopic (exact) mass is 598 g/mol. The first-order valence-corrected chi connectivity index (χ1v) is 18.6. The minimum atomic E-state index is -2.06. The Hall–Kier alpha value is -2.03. The van der Waals surface area contributed by atoms with E-state index in [9.17, 15) is 9.90 Å². The number of rotatable bonds is 5. The molecule has 2 bridgehead atoms. The van der Waals surface area contributed by atoms with Crippen LogP contribution in [-0.2, 0) is 23.4 Å². The van der Waals surface area contributed by atoms with Crippen LogP contribution in [0, 0.1) is 0 Å². The summed E-state index contributed by atoms with van der Waals surface area (Å²) in [5.41, 5.74) is 2.43. The molecule has 6 atom stereocenters. The predicted octanol–water partition coefficient (Wildman–Crippen LogP) is 7.68. The maximum Gasteiger partial charge on any atom is 0.330 e. The van der Waals surface area contributed by atoms with Crippen molar-refractivity contribution in [3.05, 3.63) is 72.4 Å². The van der Waals surface area contributed by atoms with Crippen molar-refractivity contribution in [1.82, 2.24) is 0 Å². The normalized spacial score (nSPS) is 31.5. The van der Waals surface area contributed by atoms with Crippen LogP contribution in [0.5, 0.6) is 0 Å². The van der Waals surface area contributed by atoms with Crippen LogP contribution in [0.3, 0.4) is 0 Å². The number of ether oxygens (including phenoxy) is 3. The third-order valence-electron chi connectivity index (χ3n) is 8.69. The zero-order valence-electron chi connectivity index (χ0n) is 26.7. The van der Waals surface area contributed by atoms with Gasteiger partial charge >= 0.3 is 5.97 Å². The highest BCUT2D eigenvalue weighted by molar-refractivity contribution is 6.74. The van der Waals surface area contributed by atoms with Crippen LogP contribution in [0.15, 0.2) is 72.4 Å². The fourth-order valence-corrected chi connectivity index (χ4v) is 6.36. The molecular formula is C35H54O6Si. The topological polar surface area (TPSA) is 74.2 Å². The van der Waals surface area contributed by atoms with Crippen LogP contribution >= 0.6 is 0 Å². The van der Waals surface area contributed by atoms with Gasteiger partial charge in [-0.25, -0.2) is 4.79 Å². The summed E-state index contributed by atoms with van der Waals surface area (Å²) in [6, 6.07) is 0. The molecule has 3 aliphatic heterocycles. The number of carbonyl (C=O) groups is 1. The van der Waals surface area contributed by atoms with Gasteiger partial charge in [0.15, 0.2) is 8.32 Å². The third kappa shape index (κ3) is 11.6. The van der Waals surface area contributed by atoms with Crippen LogP contribution in [0.25, 0.3) is 0 Å². The number of cyclic esters (lactones) is 1. The van der Waals surface area contributed by atoms with Gasteiger partial charge in [0.05, 0.1) is 31.0 Å². The summed E-state index contributed by atoms with van der Waals surface area (Å²) in [6.45, 7) is 18.3. The molecule has 0 fully saturated rings. The Morgan fingerprint density at radius 3 is 2.62 bits per heavy atom. The van der Waals surface area contributed by atoms with Crippen LogP contribution in [0.4, 0.5) is 0 Å². The van der Waals surface area contributed by atoms with Crippen LogP contribution in [-0.4, -0.2) is 62.6 Å². The number of esters is 1. The Kier molecular flexibility index (Phi) is 13.3. The van der Waals surface area contributed by atoms with Crippen molar-refractivity contribution >= 4 is 14.3 Å². The van der Waals surface area contributed by atoms with Crippen molar-refractivity contribution in [2.75, 3.05) is 6.61 Å². The lowest BCUT2D eigenvalue weighted by Gasteiger charge is -2.39. The molecule has 0 saturated carbocycles. The fraction of sp³-hybridized carbons (Fsp3) is 0.629. The summed E-state index contributed by atoms with van der Waals surface area (Å²) >= 11 is 0. The SMILES string of the molecule is C=C1CCC[C@@H]2CC=C[C@@H](C/C=C\C(=O)O[C@H]([C@H](O)/C=C/[C@@H]3CC(C)=CCO3)C/C=C/C(O[Si](C)(C)C(C)(C)C)C1)O2. The molecule has 0 spiro atoms. The highest BCUT2D eigenvalue weighted by atomic mass is 28.4. The fourth-order valence-electron chi connectivity index (χ4n) is 5.09. The smallest absolute Gasteiger partial charge is 0.330 e. The zero-order chi connectivity index (χ0) is 30.8. The third-order valence-corrected chi connectivity index (χ3v) is 13.2. The van der Waals surface area contributed by atoms with Crippen molar-refractivity contribution in [2.45, 2.75) is 134 Å². The number of hydrogen-bond acceptors (Lipinski definition) is 6. The minimum Gasteiger partial charge on any atom is -0.456 e. The first-order valence-electron chi connectivity index (χ1n) is 15.7. The molecular weight excluding hydrogens is 544 g/mol. The second kappa shape index (κ2) is 16.2. The van der Waals surface area contributed by atoms with Crippen molar-refractivity contribution in [1.29, 1.82) is 0 Å². The quantitative estimate of drug-likeness (QED) is 0.199. The van der Waals surface area contributed by atoms with E-state index in [0.717, 1.165) is 44.1 Å². The Labute approximate surface area is 255 Å². The number of hydrogen-bond donors (Lipinski definition) is 1. The molecule has 1 unspecified atom stereocenters. The van der Waals surface area contributed by atoms with Gasteiger partial charge in [-0.2, -0.15) is 0 Å². The molecule has 42 heavy (non-hydrogen) atoms. The summed E-state index contributed by atoms with van der Waals surface area (Å²) in [6.07, 6.45) is 21.6. The van der Waals surface area contributed by atoms with Gasteiger partial charge in [0.25, 0.3) is 0 Å². The van der Waals surface area contributed by atoms with Gasteiger partial charge in [-0.05, 0) is 70.0 Å². The molecule has 3 aliphatic rings. The van der Waals surface area contributed by atoms with Crippen molar-refractivity contribution in [3.63, 3.8) is 0 Å². The molecule has 0 aromatic carbocycles. The summed E-state index contributed by atoms with van der Waals surface area (Å²) in [5, 5.41) is 11.2. The van der Waals surface area contributed by atoms with E-state index in [2.05, 4.69) is 71.7 Å². The van der Waals surface area contributed by atoms with Gasteiger partial charge < -0.3 is 23.7 Å². The van der Waals surface area contributed by atoms with Crippen molar-refractivity contribution in [2.24, 2.45) is 0 Å². The standard InChI is InChI=1S/C35H54O6Si/c1-26-12-8-13-28-14-9-15-29(39-28)16-11-19-34(37)40-33(32(36)21-20-30-24-27(2)22-23-38-30)18-10-17-31(25-26)41-42(6,7)35(3,4)5/h9-11,15,17,19-22,28-33,36H,1,8,12-14,16,18,23-25H2,2-7H3/b17-10+,19-11-,21-20+/t28-,29+,30-,31?,32-,33+/m1/s1. The Morgan fingerprint density at radius 2 is 1.88 bits per heavy atom. The molecule has 6 nitrogen and oxygen atoms in total. The van der Waals surface area contributed by atoms with Crippen LogP contribution < -0.4 is 0 Å². The largest absolute Gasteiger partial charge is 0.456 e. The Morgan fingerprint density at radius 1 is 1.12 bits per heavy atom. The number of fused-ring (bicyclic) bond motifs is 2. The molecule has 0 aliphatic carbocycles.